The van der Waals surface area contributed by atoms with Gasteiger partial charge in [-0.05, 0) is 82.9 Å². The summed E-state index contributed by atoms with van der Waals surface area (Å²) in [6, 6.07) is 71.6. The summed E-state index contributed by atoms with van der Waals surface area (Å²) in [5.74, 6) is 0. The highest BCUT2D eigenvalue weighted by molar-refractivity contribution is 7.99. The number of hydrogen-bond donors (Lipinski definition) is 0. The molecule has 3 heteroatoms. The molecule has 0 radical (unpaired) electrons. The Hall–Kier alpha value is -6.29. The quantitative estimate of drug-likeness (QED) is 0.180. The Morgan fingerprint density at radius 1 is 0.308 bits per heavy atom. The van der Waals surface area contributed by atoms with Crippen molar-refractivity contribution >= 4 is 55.4 Å². The molecule has 1 aliphatic heterocycles. The fraction of sp³-hybridized carbons (Fsp3) is 0.0204. The van der Waals surface area contributed by atoms with Crippen molar-refractivity contribution < 1.29 is 0 Å². The molecule has 2 nitrogen and oxygen atoms in total. The van der Waals surface area contributed by atoms with Gasteiger partial charge in [0.25, 0.3) is 0 Å². The molecule has 244 valence electrons. The lowest BCUT2D eigenvalue weighted by Crippen LogP contribution is -2.34. The molecule has 3 heterocycles. The van der Waals surface area contributed by atoms with Gasteiger partial charge >= 0.3 is 0 Å². The van der Waals surface area contributed by atoms with Crippen LogP contribution in [0.25, 0.3) is 55.0 Å². The minimum absolute atomic E-state index is 0.517. The second-order valence-electron chi connectivity index (χ2n) is 13.7. The molecule has 0 aliphatic carbocycles. The van der Waals surface area contributed by atoms with Gasteiger partial charge < -0.3 is 9.13 Å². The largest absolute Gasteiger partial charge is 0.309 e. The van der Waals surface area contributed by atoms with Crippen LogP contribution >= 0.6 is 11.8 Å². The monoisotopic (exact) mass is 680 g/mol. The molecule has 8 aromatic carbocycles. The standard InChI is InChI=1S/C49H32N2S/c1-7-19-43-37(13-1)38-14-2-8-20-44(38)50(43)35-29-25-33(26-30-35)49(41-17-5-11-23-47(41)52-48-24-12-6-18-42(48)49)34-27-31-36(32-28-34)51-45-21-9-3-15-39(45)40-16-4-10-22-46(40)51/h1-32H. The van der Waals surface area contributed by atoms with E-state index in [1.165, 1.54) is 75.7 Å². The predicted octanol–water partition coefficient (Wildman–Crippen LogP) is 12.7. The average Bonchev–Trinajstić information content (AvgIpc) is 3.73. The first kappa shape index (κ1) is 29.4. The second-order valence-corrected chi connectivity index (χ2v) is 14.8. The zero-order chi connectivity index (χ0) is 34.2. The lowest BCUT2D eigenvalue weighted by molar-refractivity contribution is 0.702. The molecule has 0 N–H and O–H groups in total. The fourth-order valence-corrected chi connectivity index (χ4v) is 10.1. The summed E-state index contributed by atoms with van der Waals surface area (Å²) < 4.78 is 4.81. The SMILES string of the molecule is c1ccc2c(c1)Sc1ccccc1C2(c1ccc(-n2c3ccccc3c3ccccc32)cc1)c1ccc(-n2c3ccccc3c3ccccc32)cc1. The highest BCUT2D eigenvalue weighted by atomic mass is 32.2. The first-order valence-corrected chi connectivity index (χ1v) is 18.7. The molecule has 0 amide bonds. The van der Waals surface area contributed by atoms with Crippen LogP contribution in [0, 0.1) is 0 Å². The Balaban J connectivity index is 1.14. The van der Waals surface area contributed by atoms with Crippen LogP contribution in [0.4, 0.5) is 0 Å². The molecule has 0 atom stereocenters. The highest BCUT2D eigenvalue weighted by Gasteiger charge is 2.44. The third kappa shape index (κ3) is 4.08. The van der Waals surface area contributed by atoms with Crippen LogP contribution in [-0.2, 0) is 5.41 Å². The van der Waals surface area contributed by atoms with E-state index in [-0.39, 0.29) is 0 Å². The van der Waals surface area contributed by atoms with E-state index in [1.807, 2.05) is 11.8 Å². The number of hydrogen-bond acceptors (Lipinski definition) is 1. The molecule has 0 bridgehead atoms. The molecule has 10 aromatic rings. The van der Waals surface area contributed by atoms with E-state index in [0.29, 0.717) is 0 Å². The summed E-state index contributed by atoms with van der Waals surface area (Å²) in [5, 5.41) is 5.09. The van der Waals surface area contributed by atoms with Gasteiger partial charge in [-0.2, -0.15) is 0 Å². The number of nitrogens with zero attached hydrogens (tertiary/aromatic N) is 2. The molecular weight excluding hydrogens is 649 g/mol. The molecule has 0 saturated carbocycles. The van der Waals surface area contributed by atoms with Crippen molar-refractivity contribution in [2.75, 3.05) is 0 Å². The molecule has 0 fully saturated rings. The van der Waals surface area contributed by atoms with Gasteiger partial charge in [-0.25, -0.2) is 0 Å². The maximum atomic E-state index is 2.40. The van der Waals surface area contributed by atoms with Crippen molar-refractivity contribution in [3.05, 3.63) is 216 Å². The van der Waals surface area contributed by atoms with Crippen LogP contribution in [0.15, 0.2) is 204 Å². The zero-order valence-electron chi connectivity index (χ0n) is 28.3. The average molecular weight is 681 g/mol. The van der Waals surface area contributed by atoms with Gasteiger partial charge in [-0.3, -0.25) is 0 Å². The molecule has 1 aliphatic rings. The summed E-state index contributed by atoms with van der Waals surface area (Å²) >= 11 is 1.87. The van der Waals surface area contributed by atoms with Crippen LogP contribution in [-0.4, -0.2) is 9.13 Å². The van der Waals surface area contributed by atoms with Crippen molar-refractivity contribution in [1.29, 1.82) is 0 Å². The smallest absolute Gasteiger partial charge is 0.0723 e. The maximum absolute atomic E-state index is 2.40. The number of benzene rings is 8. The van der Waals surface area contributed by atoms with Crippen LogP contribution in [0.3, 0.4) is 0 Å². The third-order valence-corrected chi connectivity index (χ3v) is 12.2. The summed E-state index contributed by atoms with van der Waals surface area (Å²) in [7, 11) is 0. The van der Waals surface area contributed by atoms with E-state index in [0.717, 1.165) is 11.4 Å². The van der Waals surface area contributed by atoms with Crippen molar-refractivity contribution in [3.8, 4) is 11.4 Å². The van der Waals surface area contributed by atoms with E-state index in [1.54, 1.807) is 0 Å². The van der Waals surface area contributed by atoms with E-state index < -0.39 is 5.41 Å². The molecule has 0 unspecified atom stereocenters. The Morgan fingerprint density at radius 2 is 0.615 bits per heavy atom. The van der Waals surface area contributed by atoms with Crippen molar-refractivity contribution in [2.45, 2.75) is 15.2 Å². The van der Waals surface area contributed by atoms with Crippen LogP contribution in [0.1, 0.15) is 22.3 Å². The predicted molar refractivity (Wildman–Crippen MR) is 218 cm³/mol. The Bertz CT molecular complexity index is 2670. The van der Waals surface area contributed by atoms with Gasteiger partial charge in [0.15, 0.2) is 0 Å². The number of fused-ring (bicyclic) bond motifs is 8. The summed E-state index contributed by atoms with van der Waals surface area (Å²) in [6.45, 7) is 0. The van der Waals surface area contributed by atoms with E-state index in [2.05, 4.69) is 203 Å². The molecule has 52 heavy (non-hydrogen) atoms. The van der Waals surface area contributed by atoms with E-state index >= 15 is 0 Å². The lowest BCUT2D eigenvalue weighted by atomic mass is 9.65. The molecular formula is C49H32N2S. The van der Waals surface area contributed by atoms with Gasteiger partial charge in [0.05, 0.1) is 27.5 Å². The third-order valence-electron chi connectivity index (χ3n) is 11.1. The summed E-state index contributed by atoms with van der Waals surface area (Å²) in [5.41, 5.74) is 11.8. The Labute approximate surface area is 306 Å². The minimum atomic E-state index is -0.517. The Morgan fingerprint density at radius 3 is 0.981 bits per heavy atom. The number of aromatic nitrogens is 2. The van der Waals surface area contributed by atoms with Gasteiger partial charge in [0.1, 0.15) is 0 Å². The van der Waals surface area contributed by atoms with Crippen LogP contribution in [0.5, 0.6) is 0 Å². The molecule has 0 saturated heterocycles. The summed E-state index contributed by atoms with van der Waals surface area (Å²) in [6.07, 6.45) is 0. The van der Waals surface area contributed by atoms with Gasteiger partial charge in [-0.1, -0.05) is 145 Å². The van der Waals surface area contributed by atoms with Crippen molar-refractivity contribution in [2.24, 2.45) is 0 Å². The van der Waals surface area contributed by atoms with Gasteiger partial charge in [0, 0.05) is 42.7 Å². The fourth-order valence-electron chi connectivity index (χ4n) is 8.91. The number of rotatable bonds is 4. The van der Waals surface area contributed by atoms with Gasteiger partial charge in [0.2, 0.25) is 0 Å². The maximum Gasteiger partial charge on any atom is 0.0723 e. The molecule has 11 rings (SSSR count). The topological polar surface area (TPSA) is 9.86 Å². The van der Waals surface area contributed by atoms with E-state index in [4.69, 9.17) is 0 Å². The molecule has 2 aromatic heterocycles. The lowest BCUT2D eigenvalue weighted by Gasteiger charge is -2.42. The summed E-state index contributed by atoms with van der Waals surface area (Å²) in [4.78, 5) is 2.58. The normalized spacial score (nSPS) is 13.5. The minimum Gasteiger partial charge on any atom is -0.309 e. The van der Waals surface area contributed by atoms with Crippen molar-refractivity contribution in [3.63, 3.8) is 0 Å². The highest BCUT2D eigenvalue weighted by Crippen LogP contribution is 2.56. The second kappa shape index (κ2) is 11.4. The van der Waals surface area contributed by atoms with E-state index in [9.17, 15) is 0 Å². The van der Waals surface area contributed by atoms with Gasteiger partial charge in [-0.15, -0.1) is 0 Å². The molecule has 0 spiro atoms. The van der Waals surface area contributed by atoms with Crippen molar-refractivity contribution in [1.82, 2.24) is 9.13 Å². The zero-order valence-corrected chi connectivity index (χ0v) is 29.1. The first-order chi connectivity index (χ1) is 25.8. The first-order valence-electron chi connectivity index (χ1n) is 17.9. The van der Waals surface area contributed by atoms with Crippen LogP contribution in [0.2, 0.25) is 0 Å². The van der Waals surface area contributed by atoms with Crippen LogP contribution < -0.4 is 0 Å². The number of para-hydroxylation sites is 4. The Kier molecular flexibility index (Phi) is 6.43.